The number of rotatable bonds is 4. The predicted octanol–water partition coefficient (Wildman–Crippen LogP) is 3.21. The van der Waals surface area contributed by atoms with Gasteiger partial charge >= 0.3 is 0 Å². The summed E-state index contributed by atoms with van der Waals surface area (Å²) in [5.41, 5.74) is 3.57. The summed E-state index contributed by atoms with van der Waals surface area (Å²) in [6, 6.07) is 8.41. The summed E-state index contributed by atoms with van der Waals surface area (Å²) >= 11 is 3.49. The van der Waals surface area contributed by atoms with Gasteiger partial charge in [-0.15, -0.1) is 12.4 Å². The molecule has 2 aromatic rings. The van der Waals surface area contributed by atoms with Crippen molar-refractivity contribution in [2.45, 2.75) is 39.3 Å². The van der Waals surface area contributed by atoms with Gasteiger partial charge in [0.15, 0.2) is 0 Å². The Labute approximate surface area is 163 Å². The van der Waals surface area contributed by atoms with Crippen LogP contribution in [0.5, 0.6) is 0 Å². The molecule has 1 aromatic heterocycles. The van der Waals surface area contributed by atoms with Gasteiger partial charge in [-0.2, -0.15) is 5.10 Å². The molecule has 1 amide bonds. The summed E-state index contributed by atoms with van der Waals surface area (Å²) in [7, 11) is 0. The number of aromatic nitrogens is 2. The molecule has 0 unspecified atom stereocenters. The molecule has 1 saturated heterocycles. The topological polar surface area (TPSA) is 59.0 Å². The van der Waals surface area contributed by atoms with Gasteiger partial charge < -0.3 is 10.6 Å². The molecule has 1 fully saturated rings. The van der Waals surface area contributed by atoms with Gasteiger partial charge in [-0.05, 0) is 57.5 Å². The van der Waals surface area contributed by atoms with E-state index in [1.807, 2.05) is 30.7 Å². The smallest absolute Gasteiger partial charge is 0.255 e. The van der Waals surface area contributed by atoms with Gasteiger partial charge in [0.1, 0.15) is 0 Å². The van der Waals surface area contributed by atoms with Crippen LogP contribution in [0.2, 0.25) is 0 Å². The largest absolute Gasteiger partial charge is 0.349 e. The van der Waals surface area contributed by atoms with Crippen molar-refractivity contribution in [1.82, 2.24) is 20.4 Å². The second kappa shape index (κ2) is 8.83. The van der Waals surface area contributed by atoms with E-state index < -0.39 is 0 Å². The zero-order valence-corrected chi connectivity index (χ0v) is 16.9. The average molecular weight is 428 g/mol. The number of carbonyl (C=O) groups excluding carboxylic acids is 1. The molecule has 5 nitrogen and oxygen atoms in total. The van der Waals surface area contributed by atoms with Crippen LogP contribution in [0.3, 0.4) is 0 Å². The van der Waals surface area contributed by atoms with E-state index in [4.69, 9.17) is 0 Å². The molecule has 136 valence electrons. The van der Waals surface area contributed by atoms with Gasteiger partial charge in [0.05, 0.1) is 17.8 Å². The molecular formula is C18H24BrClN4O. The lowest BCUT2D eigenvalue weighted by Crippen LogP contribution is -2.43. The molecule has 0 spiro atoms. The minimum Gasteiger partial charge on any atom is -0.349 e. The maximum atomic E-state index is 12.7. The molecule has 7 heteroatoms. The monoisotopic (exact) mass is 426 g/mol. The summed E-state index contributed by atoms with van der Waals surface area (Å²) in [5, 5.41) is 11.1. The van der Waals surface area contributed by atoms with Crippen LogP contribution in [-0.2, 0) is 6.54 Å². The van der Waals surface area contributed by atoms with Crippen LogP contribution in [0.4, 0.5) is 0 Å². The SMILES string of the molecule is Cc1nn(Cc2cccc(Br)c2)c(C)c1C(=O)NC1CCNCC1.Cl. The minimum absolute atomic E-state index is 0. The van der Waals surface area contributed by atoms with Crippen molar-refractivity contribution < 1.29 is 4.79 Å². The van der Waals surface area contributed by atoms with Crippen molar-refractivity contribution in [3.8, 4) is 0 Å². The summed E-state index contributed by atoms with van der Waals surface area (Å²) < 4.78 is 2.96. The first-order valence-corrected chi connectivity index (χ1v) is 9.14. The van der Waals surface area contributed by atoms with E-state index in [1.165, 1.54) is 0 Å². The zero-order valence-electron chi connectivity index (χ0n) is 14.5. The molecule has 0 bridgehead atoms. The Morgan fingerprint density at radius 3 is 2.76 bits per heavy atom. The first-order valence-electron chi connectivity index (χ1n) is 8.34. The Balaban J connectivity index is 0.00000225. The fourth-order valence-electron chi connectivity index (χ4n) is 3.21. The maximum absolute atomic E-state index is 12.7. The second-order valence-electron chi connectivity index (χ2n) is 6.33. The number of benzene rings is 1. The van der Waals surface area contributed by atoms with E-state index >= 15 is 0 Å². The van der Waals surface area contributed by atoms with Crippen molar-refractivity contribution in [2.24, 2.45) is 0 Å². The van der Waals surface area contributed by atoms with Gasteiger partial charge in [0.25, 0.3) is 5.91 Å². The third-order valence-corrected chi connectivity index (χ3v) is 5.00. The van der Waals surface area contributed by atoms with Crippen LogP contribution in [0.25, 0.3) is 0 Å². The number of hydrogen-bond donors (Lipinski definition) is 2. The number of halogens is 2. The molecular weight excluding hydrogens is 404 g/mol. The molecule has 2 N–H and O–H groups in total. The van der Waals surface area contributed by atoms with Crippen molar-refractivity contribution in [3.05, 3.63) is 51.3 Å². The summed E-state index contributed by atoms with van der Waals surface area (Å²) in [4.78, 5) is 12.7. The van der Waals surface area contributed by atoms with Gasteiger partial charge in [-0.25, -0.2) is 0 Å². The number of aryl methyl sites for hydroxylation is 1. The highest BCUT2D eigenvalue weighted by Gasteiger charge is 2.22. The van der Waals surface area contributed by atoms with Crippen molar-refractivity contribution in [2.75, 3.05) is 13.1 Å². The molecule has 0 saturated carbocycles. The summed E-state index contributed by atoms with van der Waals surface area (Å²) in [6.07, 6.45) is 1.96. The Kier molecular flexibility index (Phi) is 7.04. The quantitative estimate of drug-likeness (QED) is 0.788. The molecule has 0 aliphatic carbocycles. The Bertz CT molecular complexity index is 741. The number of nitrogens with one attached hydrogen (secondary N) is 2. The van der Waals surface area contributed by atoms with E-state index in [0.717, 1.165) is 47.4 Å². The van der Waals surface area contributed by atoms with Gasteiger partial charge in [-0.1, -0.05) is 28.1 Å². The number of amides is 1. The first-order chi connectivity index (χ1) is 11.5. The summed E-state index contributed by atoms with van der Waals surface area (Å²) in [6.45, 7) is 6.46. The van der Waals surface area contributed by atoms with Gasteiger partial charge in [0, 0.05) is 16.2 Å². The van der Waals surface area contributed by atoms with Crippen molar-refractivity contribution >= 4 is 34.2 Å². The highest BCUT2D eigenvalue weighted by atomic mass is 79.9. The maximum Gasteiger partial charge on any atom is 0.255 e. The molecule has 1 aliphatic heterocycles. The van der Waals surface area contributed by atoms with Crippen LogP contribution >= 0.6 is 28.3 Å². The lowest BCUT2D eigenvalue weighted by Gasteiger charge is -2.23. The number of carbonyl (C=O) groups is 1. The van der Waals surface area contributed by atoms with Crippen LogP contribution in [0, 0.1) is 13.8 Å². The fourth-order valence-corrected chi connectivity index (χ4v) is 3.66. The standard InChI is InChI=1S/C18H23BrN4O.ClH/c1-12-17(18(24)21-16-6-8-20-9-7-16)13(2)23(22-12)11-14-4-3-5-15(19)10-14;/h3-5,10,16,20H,6-9,11H2,1-2H3,(H,21,24);1H. The average Bonchev–Trinajstić information content (AvgIpc) is 2.82. The molecule has 2 heterocycles. The normalized spacial score (nSPS) is 14.8. The van der Waals surface area contributed by atoms with Gasteiger partial charge in [0.2, 0.25) is 0 Å². The zero-order chi connectivity index (χ0) is 17.1. The second-order valence-corrected chi connectivity index (χ2v) is 7.25. The Morgan fingerprint density at radius 1 is 1.36 bits per heavy atom. The first kappa shape index (κ1) is 19.9. The van der Waals surface area contributed by atoms with E-state index in [0.29, 0.717) is 12.1 Å². The molecule has 3 rings (SSSR count). The van der Waals surface area contributed by atoms with Crippen LogP contribution in [0.1, 0.15) is 40.2 Å². The molecule has 0 radical (unpaired) electrons. The number of nitrogens with zero attached hydrogens (tertiary/aromatic N) is 2. The van der Waals surface area contributed by atoms with E-state index in [-0.39, 0.29) is 24.4 Å². The number of piperidine rings is 1. The van der Waals surface area contributed by atoms with E-state index in [9.17, 15) is 4.79 Å². The highest BCUT2D eigenvalue weighted by Crippen LogP contribution is 2.17. The van der Waals surface area contributed by atoms with E-state index in [2.05, 4.69) is 43.8 Å². The lowest BCUT2D eigenvalue weighted by molar-refractivity contribution is 0.0928. The highest BCUT2D eigenvalue weighted by molar-refractivity contribution is 9.10. The summed E-state index contributed by atoms with van der Waals surface area (Å²) in [5.74, 6) is -0.00241. The Morgan fingerprint density at radius 2 is 2.08 bits per heavy atom. The van der Waals surface area contributed by atoms with Crippen LogP contribution in [-0.4, -0.2) is 34.8 Å². The Hall–Kier alpha value is -1.37. The number of hydrogen-bond acceptors (Lipinski definition) is 3. The van der Waals surface area contributed by atoms with E-state index in [1.54, 1.807) is 0 Å². The van der Waals surface area contributed by atoms with Crippen molar-refractivity contribution in [1.29, 1.82) is 0 Å². The molecule has 1 aromatic carbocycles. The molecule has 0 atom stereocenters. The fraction of sp³-hybridized carbons (Fsp3) is 0.444. The lowest BCUT2D eigenvalue weighted by atomic mass is 10.1. The van der Waals surface area contributed by atoms with Crippen molar-refractivity contribution in [3.63, 3.8) is 0 Å². The van der Waals surface area contributed by atoms with Crippen LogP contribution < -0.4 is 10.6 Å². The third-order valence-electron chi connectivity index (χ3n) is 4.50. The molecule has 25 heavy (non-hydrogen) atoms. The van der Waals surface area contributed by atoms with Crippen LogP contribution in [0.15, 0.2) is 28.7 Å². The minimum atomic E-state index is -0.00241. The van der Waals surface area contributed by atoms with Gasteiger partial charge in [-0.3, -0.25) is 9.48 Å². The molecule has 1 aliphatic rings. The third kappa shape index (κ3) is 4.84. The predicted molar refractivity (Wildman–Crippen MR) is 106 cm³/mol.